The van der Waals surface area contributed by atoms with Crippen LogP contribution in [0.2, 0.25) is 0 Å². The molecule has 3 rings (SSSR count). The molecule has 1 saturated heterocycles. The van der Waals surface area contributed by atoms with Crippen LogP contribution in [0.1, 0.15) is 45.4 Å². The van der Waals surface area contributed by atoms with Gasteiger partial charge in [0.25, 0.3) is 5.91 Å². The Morgan fingerprint density at radius 3 is 3.21 bits per heavy atom. The van der Waals surface area contributed by atoms with Gasteiger partial charge in [0.1, 0.15) is 5.01 Å². The first-order valence-electron chi connectivity index (χ1n) is 8.27. The number of benzene rings is 1. The number of amides is 1. The van der Waals surface area contributed by atoms with E-state index in [1.807, 2.05) is 23.6 Å². The van der Waals surface area contributed by atoms with Crippen molar-refractivity contribution in [2.75, 3.05) is 19.3 Å². The summed E-state index contributed by atoms with van der Waals surface area (Å²) < 4.78 is 0. The molecule has 2 N–H and O–H groups in total. The summed E-state index contributed by atoms with van der Waals surface area (Å²) in [6.07, 6.45) is 4.45. The molecular weight excluding hydrogens is 338 g/mol. The van der Waals surface area contributed by atoms with Gasteiger partial charge in [0.05, 0.1) is 12.2 Å². The molecule has 0 bridgehead atoms. The van der Waals surface area contributed by atoms with Crippen LogP contribution in [0.5, 0.6) is 0 Å². The van der Waals surface area contributed by atoms with Gasteiger partial charge in [0.15, 0.2) is 0 Å². The van der Waals surface area contributed by atoms with Crippen molar-refractivity contribution < 1.29 is 4.79 Å². The Hall–Kier alpha value is -1.37. The zero-order valence-electron chi connectivity index (χ0n) is 13.9. The lowest BCUT2D eigenvalue weighted by Crippen LogP contribution is -2.28. The van der Waals surface area contributed by atoms with E-state index in [0.29, 0.717) is 12.5 Å². The van der Waals surface area contributed by atoms with Crippen molar-refractivity contribution in [3.63, 3.8) is 0 Å². The SMILES string of the molecule is CSCc1nc(CNC(=O)c2cccc([C@H]3CCCNC3)c2)cs1. The van der Waals surface area contributed by atoms with Crippen LogP contribution >= 0.6 is 23.1 Å². The molecule has 128 valence electrons. The maximum absolute atomic E-state index is 12.4. The highest BCUT2D eigenvalue weighted by atomic mass is 32.2. The number of nitrogens with zero attached hydrogens (tertiary/aromatic N) is 1. The minimum absolute atomic E-state index is 0.0277. The fourth-order valence-electron chi connectivity index (χ4n) is 2.96. The second-order valence-corrected chi connectivity index (χ2v) is 7.83. The molecule has 0 unspecified atom stereocenters. The smallest absolute Gasteiger partial charge is 0.251 e. The Balaban J connectivity index is 1.59. The maximum Gasteiger partial charge on any atom is 0.251 e. The molecule has 0 spiro atoms. The third kappa shape index (κ3) is 4.59. The molecule has 24 heavy (non-hydrogen) atoms. The topological polar surface area (TPSA) is 54.0 Å². The predicted molar refractivity (Wildman–Crippen MR) is 102 cm³/mol. The minimum Gasteiger partial charge on any atom is -0.346 e. The van der Waals surface area contributed by atoms with Gasteiger partial charge in [-0.05, 0) is 49.3 Å². The Kier molecular flexibility index (Phi) is 6.29. The van der Waals surface area contributed by atoms with E-state index >= 15 is 0 Å². The number of thioether (sulfide) groups is 1. The summed E-state index contributed by atoms with van der Waals surface area (Å²) in [5, 5.41) is 9.55. The van der Waals surface area contributed by atoms with Gasteiger partial charge in [0, 0.05) is 23.2 Å². The van der Waals surface area contributed by atoms with Crippen molar-refractivity contribution in [3.8, 4) is 0 Å². The second kappa shape index (κ2) is 8.65. The van der Waals surface area contributed by atoms with Crippen LogP contribution < -0.4 is 10.6 Å². The standard InChI is InChI=1S/C18H23N3OS2/c1-23-12-17-21-16(11-24-17)10-20-18(22)14-5-2-4-13(8-14)15-6-3-7-19-9-15/h2,4-5,8,11,15,19H,3,6-7,9-10,12H2,1H3,(H,20,22)/t15-/m0/s1. The summed E-state index contributed by atoms with van der Waals surface area (Å²) in [6.45, 7) is 2.59. The molecule has 1 atom stereocenters. The number of carbonyl (C=O) groups is 1. The van der Waals surface area contributed by atoms with Gasteiger partial charge in [-0.1, -0.05) is 12.1 Å². The third-order valence-electron chi connectivity index (χ3n) is 4.21. The molecule has 0 radical (unpaired) electrons. The van der Waals surface area contributed by atoms with Gasteiger partial charge in [-0.3, -0.25) is 4.79 Å². The zero-order chi connectivity index (χ0) is 16.8. The number of nitrogens with one attached hydrogen (secondary N) is 2. The lowest BCUT2D eigenvalue weighted by Gasteiger charge is -2.23. The molecule has 2 aromatic rings. The highest BCUT2D eigenvalue weighted by Crippen LogP contribution is 2.24. The Morgan fingerprint density at radius 1 is 1.50 bits per heavy atom. The molecule has 1 fully saturated rings. The van der Waals surface area contributed by atoms with Gasteiger partial charge < -0.3 is 10.6 Å². The lowest BCUT2D eigenvalue weighted by molar-refractivity contribution is 0.0950. The first kappa shape index (κ1) is 17.5. The van der Waals surface area contributed by atoms with E-state index < -0.39 is 0 Å². The van der Waals surface area contributed by atoms with Crippen molar-refractivity contribution in [1.29, 1.82) is 0 Å². The van der Waals surface area contributed by atoms with Crippen molar-refractivity contribution in [2.24, 2.45) is 0 Å². The summed E-state index contributed by atoms with van der Waals surface area (Å²) in [5.74, 6) is 1.41. The minimum atomic E-state index is -0.0277. The fourth-order valence-corrected chi connectivity index (χ4v) is 4.48. The number of hydrogen-bond acceptors (Lipinski definition) is 5. The molecular formula is C18H23N3OS2. The summed E-state index contributed by atoms with van der Waals surface area (Å²) >= 11 is 3.41. The molecule has 1 aliphatic heterocycles. The van der Waals surface area contributed by atoms with Crippen LogP contribution in [0.15, 0.2) is 29.6 Å². The molecule has 0 saturated carbocycles. The highest BCUT2D eigenvalue weighted by Gasteiger charge is 2.16. The van der Waals surface area contributed by atoms with E-state index in [-0.39, 0.29) is 5.91 Å². The third-order valence-corrected chi connectivity index (χ3v) is 5.86. The van der Waals surface area contributed by atoms with Gasteiger partial charge >= 0.3 is 0 Å². The van der Waals surface area contributed by atoms with Gasteiger partial charge in [0.2, 0.25) is 0 Å². The normalized spacial score (nSPS) is 17.6. The quantitative estimate of drug-likeness (QED) is 0.828. The van der Waals surface area contributed by atoms with Crippen LogP contribution in [-0.4, -0.2) is 30.2 Å². The van der Waals surface area contributed by atoms with Gasteiger partial charge in [-0.2, -0.15) is 11.8 Å². The van der Waals surface area contributed by atoms with Crippen LogP contribution in [0, 0.1) is 0 Å². The van der Waals surface area contributed by atoms with Crippen molar-refractivity contribution in [3.05, 3.63) is 51.5 Å². The molecule has 0 aliphatic carbocycles. The van der Waals surface area contributed by atoms with E-state index in [4.69, 9.17) is 0 Å². The van der Waals surface area contributed by atoms with Crippen molar-refractivity contribution >= 4 is 29.0 Å². The lowest BCUT2D eigenvalue weighted by atomic mass is 9.90. The Labute approximate surface area is 151 Å². The maximum atomic E-state index is 12.4. The monoisotopic (exact) mass is 361 g/mol. The van der Waals surface area contributed by atoms with Crippen molar-refractivity contribution in [2.45, 2.75) is 31.1 Å². The van der Waals surface area contributed by atoms with Gasteiger partial charge in [-0.25, -0.2) is 4.98 Å². The molecule has 1 amide bonds. The molecule has 4 nitrogen and oxygen atoms in total. The summed E-state index contributed by atoms with van der Waals surface area (Å²) in [5.41, 5.74) is 2.92. The van der Waals surface area contributed by atoms with E-state index in [2.05, 4.69) is 27.9 Å². The van der Waals surface area contributed by atoms with E-state index in [1.165, 1.54) is 18.4 Å². The predicted octanol–water partition coefficient (Wildman–Crippen LogP) is 3.40. The first-order valence-corrected chi connectivity index (χ1v) is 10.5. The second-order valence-electron chi connectivity index (χ2n) is 6.02. The van der Waals surface area contributed by atoms with E-state index in [9.17, 15) is 4.79 Å². The number of aromatic nitrogens is 1. The van der Waals surface area contributed by atoms with Crippen LogP contribution in [-0.2, 0) is 12.3 Å². The summed E-state index contributed by atoms with van der Waals surface area (Å²) in [6, 6.07) is 8.03. The number of rotatable bonds is 6. The molecule has 1 aromatic heterocycles. The number of hydrogen-bond donors (Lipinski definition) is 2. The van der Waals surface area contributed by atoms with E-state index in [1.54, 1.807) is 23.1 Å². The van der Waals surface area contributed by atoms with E-state index in [0.717, 1.165) is 35.1 Å². The molecule has 1 aliphatic rings. The molecule has 1 aromatic carbocycles. The van der Waals surface area contributed by atoms with Crippen LogP contribution in [0.3, 0.4) is 0 Å². The van der Waals surface area contributed by atoms with Crippen LogP contribution in [0.4, 0.5) is 0 Å². The average Bonchev–Trinajstić information content (AvgIpc) is 3.08. The number of thiazole rings is 1. The number of carbonyl (C=O) groups excluding carboxylic acids is 1. The largest absolute Gasteiger partial charge is 0.346 e. The number of piperidine rings is 1. The molecule has 6 heteroatoms. The summed E-state index contributed by atoms with van der Waals surface area (Å²) in [4.78, 5) is 17.0. The molecule has 2 heterocycles. The average molecular weight is 362 g/mol. The van der Waals surface area contributed by atoms with Gasteiger partial charge in [-0.15, -0.1) is 11.3 Å². The summed E-state index contributed by atoms with van der Waals surface area (Å²) in [7, 11) is 0. The van der Waals surface area contributed by atoms with Crippen LogP contribution in [0.25, 0.3) is 0 Å². The Bertz CT molecular complexity index is 680. The first-order chi connectivity index (χ1) is 11.8. The Morgan fingerprint density at radius 2 is 2.42 bits per heavy atom. The zero-order valence-corrected chi connectivity index (χ0v) is 15.5. The van der Waals surface area contributed by atoms with Crippen molar-refractivity contribution in [1.82, 2.24) is 15.6 Å². The fraction of sp³-hybridized carbons (Fsp3) is 0.444. The highest BCUT2D eigenvalue weighted by molar-refractivity contribution is 7.97.